The molecule has 2 rings (SSSR count). The van der Waals surface area contributed by atoms with Crippen LogP contribution in [0.4, 0.5) is 10.1 Å². The summed E-state index contributed by atoms with van der Waals surface area (Å²) in [6.07, 6.45) is 0. The van der Waals surface area contributed by atoms with Crippen molar-refractivity contribution in [3.8, 4) is 0 Å². The summed E-state index contributed by atoms with van der Waals surface area (Å²) in [5, 5.41) is 14.2. The quantitative estimate of drug-likeness (QED) is 0.670. The average Bonchev–Trinajstić information content (AvgIpc) is 2.45. The summed E-state index contributed by atoms with van der Waals surface area (Å²) in [5.74, 6) is -0.471. The second-order valence-electron chi connectivity index (χ2n) is 4.99. The van der Waals surface area contributed by atoms with Crippen molar-refractivity contribution in [1.29, 1.82) is 0 Å². The molecule has 0 bridgehead atoms. The van der Waals surface area contributed by atoms with Crippen LogP contribution < -0.4 is 5.32 Å². The molecule has 21 heavy (non-hydrogen) atoms. The third-order valence-corrected chi connectivity index (χ3v) is 3.49. The van der Waals surface area contributed by atoms with Crippen LogP contribution in [0.3, 0.4) is 0 Å². The third kappa shape index (κ3) is 3.64. The summed E-state index contributed by atoms with van der Waals surface area (Å²) in [4.78, 5) is 10.5. The molecule has 0 aliphatic carbocycles. The molecule has 0 saturated carbocycles. The molecule has 2 aromatic rings. The molecule has 0 aliphatic heterocycles. The smallest absolute Gasteiger partial charge is 0.274 e. The van der Waals surface area contributed by atoms with E-state index >= 15 is 0 Å². The molecule has 0 aliphatic rings. The standard InChI is InChI=1S/C16H17FN2O2/c1-11-5-3-4-6-15(11)12(2)18-10-13-9-14(17)7-8-16(13)19(20)21/h3-9,12,18H,10H2,1-2H3. The van der Waals surface area contributed by atoms with Gasteiger partial charge in [-0.05, 0) is 37.1 Å². The molecule has 1 atom stereocenters. The second kappa shape index (κ2) is 6.45. The number of nitrogens with zero attached hydrogens (tertiary/aromatic N) is 1. The molecular weight excluding hydrogens is 271 g/mol. The van der Waals surface area contributed by atoms with Gasteiger partial charge in [-0.3, -0.25) is 10.1 Å². The summed E-state index contributed by atoms with van der Waals surface area (Å²) >= 11 is 0. The van der Waals surface area contributed by atoms with Crippen LogP contribution >= 0.6 is 0 Å². The number of nitro benzene ring substituents is 1. The first kappa shape index (κ1) is 15.1. The van der Waals surface area contributed by atoms with Crippen molar-refractivity contribution >= 4 is 5.69 Å². The molecule has 4 nitrogen and oxygen atoms in total. The zero-order chi connectivity index (χ0) is 15.4. The monoisotopic (exact) mass is 288 g/mol. The van der Waals surface area contributed by atoms with E-state index in [4.69, 9.17) is 0 Å². The Morgan fingerprint density at radius 2 is 2.00 bits per heavy atom. The van der Waals surface area contributed by atoms with Crippen molar-refractivity contribution in [2.45, 2.75) is 26.4 Å². The molecule has 1 unspecified atom stereocenters. The van der Waals surface area contributed by atoms with Crippen molar-refractivity contribution in [2.75, 3.05) is 0 Å². The van der Waals surface area contributed by atoms with E-state index in [-0.39, 0.29) is 18.3 Å². The van der Waals surface area contributed by atoms with Crippen molar-refractivity contribution in [3.05, 3.63) is 75.1 Å². The van der Waals surface area contributed by atoms with Gasteiger partial charge in [0.1, 0.15) is 5.82 Å². The number of nitro groups is 1. The van der Waals surface area contributed by atoms with Crippen LogP contribution in [0.2, 0.25) is 0 Å². The molecule has 1 N–H and O–H groups in total. The van der Waals surface area contributed by atoms with Crippen molar-refractivity contribution in [3.63, 3.8) is 0 Å². The first-order valence-corrected chi connectivity index (χ1v) is 6.70. The van der Waals surface area contributed by atoms with E-state index in [9.17, 15) is 14.5 Å². The second-order valence-corrected chi connectivity index (χ2v) is 4.99. The lowest BCUT2D eigenvalue weighted by atomic mass is 10.0. The lowest BCUT2D eigenvalue weighted by Crippen LogP contribution is -2.19. The van der Waals surface area contributed by atoms with Gasteiger partial charge < -0.3 is 5.32 Å². The highest BCUT2D eigenvalue weighted by Crippen LogP contribution is 2.22. The Labute approximate surface area is 122 Å². The molecule has 0 radical (unpaired) electrons. The number of halogens is 1. The van der Waals surface area contributed by atoms with Crippen molar-refractivity contribution < 1.29 is 9.31 Å². The van der Waals surface area contributed by atoms with Gasteiger partial charge in [0.05, 0.1) is 4.92 Å². The van der Waals surface area contributed by atoms with Gasteiger partial charge in [-0.2, -0.15) is 0 Å². The van der Waals surface area contributed by atoms with Crippen LogP contribution in [0, 0.1) is 22.9 Å². The Hall–Kier alpha value is -2.27. The lowest BCUT2D eigenvalue weighted by molar-refractivity contribution is -0.385. The van der Waals surface area contributed by atoms with Gasteiger partial charge in [-0.25, -0.2) is 4.39 Å². The lowest BCUT2D eigenvalue weighted by Gasteiger charge is -2.16. The maximum Gasteiger partial charge on any atom is 0.274 e. The van der Waals surface area contributed by atoms with E-state index in [2.05, 4.69) is 5.32 Å². The zero-order valence-corrected chi connectivity index (χ0v) is 12.0. The van der Waals surface area contributed by atoms with Crippen molar-refractivity contribution in [1.82, 2.24) is 5.32 Å². The number of hydrogen-bond acceptors (Lipinski definition) is 3. The molecule has 0 heterocycles. The molecule has 0 spiro atoms. The van der Waals surface area contributed by atoms with Crippen LogP contribution in [0.15, 0.2) is 42.5 Å². The van der Waals surface area contributed by atoms with E-state index in [1.54, 1.807) is 0 Å². The van der Waals surface area contributed by atoms with Gasteiger partial charge in [0, 0.05) is 24.2 Å². The number of benzene rings is 2. The molecule has 0 aromatic heterocycles. The number of aryl methyl sites for hydroxylation is 1. The fourth-order valence-electron chi connectivity index (χ4n) is 2.32. The first-order chi connectivity index (χ1) is 9.99. The minimum absolute atomic E-state index is 0.0223. The van der Waals surface area contributed by atoms with Crippen LogP contribution in [-0.2, 0) is 6.54 Å². The van der Waals surface area contributed by atoms with E-state index < -0.39 is 10.7 Å². The maximum absolute atomic E-state index is 13.3. The number of rotatable bonds is 5. The highest BCUT2D eigenvalue weighted by molar-refractivity contribution is 5.40. The minimum Gasteiger partial charge on any atom is -0.306 e. The topological polar surface area (TPSA) is 55.2 Å². The Kier molecular flexibility index (Phi) is 4.65. The Morgan fingerprint density at radius 1 is 1.29 bits per heavy atom. The van der Waals surface area contributed by atoms with Crippen molar-refractivity contribution in [2.24, 2.45) is 0 Å². The van der Waals surface area contributed by atoms with Gasteiger partial charge in [-0.1, -0.05) is 24.3 Å². The van der Waals surface area contributed by atoms with Crippen LogP contribution in [0.5, 0.6) is 0 Å². The molecule has 5 heteroatoms. The van der Waals surface area contributed by atoms with Gasteiger partial charge in [0.2, 0.25) is 0 Å². The highest BCUT2D eigenvalue weighted by atomic mass is 19.1. The first-order valence-electron chi connectivity index (χ1n) is 6.70. The average molecular weight is 288 g/mol. The van der Waals surface area contributed by atoms with Gasteiger partial charge in [-0.15, -0.1) is 0 Å². The number of nitrogens with one attached hydrogen (secondary N) is 1. The molecule has 0 saturated heterocycles. The largest absolute Gasteiger partial charge is 0.306 e. The highest BCUT2D eigenvalue weighted by Gasteiger charge is 2.15. The SMILES string of the molecule is Cc1ccccc1C(C)NCc1cc(F)ccc1[N+](=O)[O-]. The van der Waals surface area contributed by atoms with E-state index in [0.717, 1.165) is 17.2 Å². The predicted molar refractivity (Wildman–Crippen MR) is 79.5 cm³/mol. The molecule has 110 valence electrons. The van der Waals surface area contributed by atoms with E-state index in [1.165, 1.54) is 12.1 Å². The molecule has 0 fully saturated rings. The fraction of sp³-hybridized carbons (Fsp3) is 0.250. The summed E-state index contributed by atoms with van der Waals surface area (Å²) < 4.78 is 13.3. The molecule has 0 amide bonds. The van der Waals surface area contributed by atoms with Gasteiger partial charge >= 0.3 is 0 Å². The van der Waals surface area contributed by atoms with Gasteiger partial charge in [0.15, 0.2) is 0 Å². The van der Waals surface area contributed by atoms with Gasteiger partial charge in [0.25, 0.3) is 5.69 Å². The van der Waals surface area contributed by atoms with Crippen LogP contribution in [-0.4, -0.2) is 4.92 Å². The maximum atomic E-state index is 13.3. The number of hydrogen-bond donors (Lipinski definition) is 1. The normalized spacial score (nSPS) is 12.1. The third-order valence-electron chi connectivity index (χ3n) is 3.49. The Bertz CT molecular complexity index is 658. The molecule has 2 aromatic carbocycles. The summed E-state index contributed by atoms with van der Waals surface area (Å²) in [5.41, 5.74) is 2.55. The van der Waals surface area contributed by atoms with E-state index in [0.29, 0.717) is 5.56 Å². The predicted octanol–water partition coefficient (Wildman–Crippen LogP) is 3.89. The van der Waals surface area contributed by atoms with Crippen LogP contribution in [0.1, 0.15) is 29.7 Å². The zero-order valence-electron chi connectivity index (χ0n) is 12.0. The minimum atomic E-state index is -0.491. The summed E-state index contributed by atoms with van der Waals surface area (Å²) in [6, 6.07) is 11.5. The Balaban J connectivity index is 2.15. The molecular formula is C16H17FN2O2. The summed E-state index contributed by atoms with van der Waals surface area (Å²) in [7, 11) is 0. The van der Waals surface area contributed by atoms with Crippen LogP contribution in [0.25, 0.3) is 0 Å². The van der Waals surface area contributed by atoms with E-state index in [1.807, 2.05) is 38.1 Å². The fourth-order valence-corrected chi connectivity index (χ4v) is 2.32. The summed E-state index contributed by atoms with van der Waals surface area (Å²) in [6.45, 7) is 4.23. The Morgan fingerprint density at radius 3 is 2.67 bits per heavy atom.